The van der Waals surface area contributed by atoms with Crippen LogP contribution in [0.3, 0.4) is 0 Å². The van der Waals surface area contributed by atoms with Gasteiger partial charge >= 0.3 is 5.97 Å². The highest BCUT2D eigenvalue weighted by Gasteiger charge is 2.25. The summed E-state index contributed by atoms with van der Waals surface area (Å²) in [6.07, 6.45) is 5.10. The van der Waals surface area contributed by atoms with Crippen LogP contribution in [0.2, 0.25) is 0 Å². The smallest absolute Gasteiger partial charge is 0.303 e. The first kappa shape index (κ1) is 11.0. The molecular weight excluding hydrogens is 208 g/mol. The molecule has 0 saturated heterocycles. The van der Waals surface area contributed by atoms with Crippen molar-refractivity contribution in [1.82, 2.24) is 5.16 Å². The topological polar surface area (TPSA) is 89.4 Å². The highest BCUT2D eigenvalue weighted by molar-refractivity contribution is 5.67. The van der Waals surface area contributed by atoms with Crippen molar-refractivity contribution in [3.05, 3.63) is 11.3 Å². The number of carboxylic acids is 1. The van der Waals surface area contributed by atoms with E-state index in [1.165, 1.54) is 12.8 Å². The van der Waals surface area contributed by atoms with Crippen LogP contribution in [0.5, 0.6) is 0 Å². The molecule has 0 aliphatic heterocycles. The van der Waals surface area contributed by atoms with Gasteiger partial charge in [-0.2, -0.15) is 0 Å². The van der Waals surface area contributed by atoms with Gasteiger partial charge in [0.1, 0.15) is 0 Å². The Hall–Kier alpha value is -1.52. The lowest BCUT2D eigenvalue weighted by molar-refractivity contribution is -0.136. The van der Waals surface area contributed by atoms with Gasteiger partial charge in [0, 0.05) is 17.9 Å². The number of carbonyl (C=O) groups is 1. The number of nitrogen functional groups attached to an aromatic ring is 1. The van der Waals surface area contributed by atoms with Crippen LogP contribution in [0.1, 0.15) is 49.3 Å². The molecule has 1 aliphatic rings. The summed E-state index contributed by atoms with van der Waals surface area (Å²) in [6, 6.07) is 0. The minimum atomic E-state index is -0.821. The summed E-state index contributed by atoms with van der Waals surface area (Å²) in [4.78, 5) is 10.5. The molecule has 1 heterocycles. The molecule has 0 bridgehead atoms. The van der Waals surface area contributed by atoms with Crippen LogP contribution in [0.4, 0.5) is 5.88 Å². The molecule has 88 valence electrons. The van der Waals surface area contributed by atoms with Crippen LogP contribution in [0.25, 0.3) is 0 Å². The molecule has 0 atom stereocenters. The number of hydrogen-bond acceptors (Lipinski definition) is 4. The normalized spacial score (nSPS) is 16.8. The fourth-order valence-electron chi connectivity index (χ4n) is 2.34. The summed E-state index contributed by atoms with van der Waals surface area (Å²) >= 11 is 0. The van der Waals surface area contributed by atoms with E-state index in [1.54, 1.807) is 0 Å². The standard InChI is InChI=1S/C11H16N2O3/c12-11-8(5-6-9(14)15)10(13-16-11)7-3-1-2-4-7/h7H,1-6,12H2,(H,14,15). The highest BCUT2D eigenvalue weighted by Crippen LogP contribution is 2.37. The molecule has 1 fully saturated rings. The number of nitrogens with two attached hydrogens (primary N) is 1. The van der Waals surface area contributed by atoms with Crippen molar-refractivity contribution >= 4 is 11.9 Å². The fraction of sp³-hybridized carbons (Fsp3) is 0.636. The van der Waals surface area contributed by atoms with Crippen molar-refractivity contribution in [3.8, 4) is 0 Å². The van der Waals surface area contributed by atoms with Crippen LogP contribution < -0.4 is 5.73 Å². The third-order valence-electron chi connectivity index (χ3n) is 3.18. The SMILES string of the molecule is Nc1onc(C2CCCC2)c1CCC(=O)O. The Morgan fingerprint density at radius 2 is 2.19 bits per heavy atom. The minimum Gasteiger partial charge on any atom is -0.481 e. The average Bonchev–Trinajstić information content (AvgIpc) is 2.83. The molecule has 0 radical (unpaired) electrons. The lowest BCUT2D eigenvalue weighted by Gasteiger charge is -2.06. The Labute approximate surface area is 93.6 Å². The van der Waals surface area contributed by atoms with Gasteiger partial charge in [0.05, 0.1) is 5.69 Å². The third kappa shape index (κ3) is 2.18. The lowest BCUT2D eigenvalue weighted by Crippen LogP contribution is -2.03. The van der Waals surface area contributed by atoms with Crippen molar-refractivity contribution in [3.63, 3.8) is 0 Å². The number of rotatable bonds is 4. The van der Waals surface area contributed by atoms with Gasteiger partial charge in [-0.05, 0) is 19.3 Å². The van der Waals surface area contributed by atoms with E-state index in [4.69, 9.17) is 15.4 Å². The van der Waals surface area contributed by atoms with Crippen molar-refractivity contribution in [1.29, 1.82) is 0 Å². The third-order valence-corrected chi connectivity index (χ3v) is 3.18. The Bertz CT molecular complexity index is 381. The first-order valence-corrected chi connectivity index (χ1v) is 5.64. The van der Waals surface area contributed by atoms with E-state index >= 15 is 0 Å². The van der Waals surface area contributed by atoms with Gasteiger partial charge in [0.15, 0.2) is 0 Å². The molecule has 0 aromatic carbocycles. The first-order valence-electron chi connectivity index (χ1n) is 5.64. The molecule has 1 saturated carbocycles. The van der Waals surface area contributed by atoms with Gasteiger partial charge in [-0.3, -0.25) is 4.79 Å². The number of anilines is 1. The molecule has 1 aromatic rings. The number of hydrogen-bond donors (Lipinski definition) is 2. The summed E-state index contributed by atoms with van der Waals surface area (Å²) < 4.78 is 4.98. The van der Waals surface area contributed by atoms with Gasteiger partial charge in [-0.1, -0.05) is 18.0 Å². The quantitative estimate of drug-likeness (QED) is 0.815. The second-order valence-corrected chi connectivity index (χ2v) is 4.29. The molecule has 1 aromatic heterocycles. The maximum Gasteiger partial charge on any atom is 0.303 e. The number of aromatic nitrogens is 1. The molecule has 0 amide bonds. The molecule has 0 unspecified atom stereocenters. The van der Waals surface area contributed by atoms with E-state index in [-0.39, 0.29) is 12.3 Å². The van der Waals surface area contributed by atoms with Gasteiger partial charge in [0.25, 0.3) is 0 Å². The van der Waals surface area contributed by atoms with Gasteiger partial charge in [-0.25, -0.2) is 0 Å². The predicted octanol–water partition coefficient (Wildman–Crippen LogP) is 1.93. The van der Waals surface area contributed by atoms with Crippen LogP contribution >= 0.6 is 0 Å². The van der Waals surface area contributed by atoms with Crippen molar-refractivity contribution in [2.24, 2.45) is 0 Å². The summed E-state index contributed by atoms with van der Waals surface area (Å²) in [5.41, 5.74) is 7.36. The Kier molecular flexibility index (Phi) is 3.12. The predicted molar refractivity (Wildman–Crippen MR) is 58.1 cm³/mol. The zero-order valence-corrected chi connectivity index (χ0v) is 9.11. The van der Waals surface area contributed by atoms with E-state index in [2.05, 4.69) is 5.16 Å². The van der Waals surface area contributed by atoms with Crippen LogP contribution in [-0.4, -0.2) is 16.2 Å². The second-order valence-electron chi connectivity index (χ2n) is 4.29. The van der Waals surface area contributed by atoms with Gasteiger partial charge < -0.3 is 15.4 Å². The number of nitrogens with zero attached hydrogens (tertiary/aromatic N) is 1. The number of carboxylic acid groups (broad SMARTS) is 1. The van der Waals surface area contributed by atoms with Crippen molar-refractivity contribution in [2.75, 3.05) is 5.73 Å². The van der Waals surface area contributed by atoms with Crippen LogP contribution in [0, 0.1) is 0 Å². The molecular formula is C11H16N2O3. The molecule has 3 N–H and O–H groups in total. The van der Waals surface area contributed by atoms with E-state index < -0.39 is 5.97 Å². The molecule has 2 rings (SSSR count). The molecule has 5 nitrogen and oxygen atoms in total. The Morgan fingerprint density at radius 3 is 2.81 bits per heavy atom. The monoisotopic (exact) mass is 224 g/mol. The largest absolute Gasteiger partial charge is 0.481 e. The summed E-state index contributed by atoms with van der Waals surface area (Å²) in [5, 5.41) is 12.7. The summed E-state index contributed by atoms with van der Waals surface area (Å²) in [5.74, 6) is -0.133. The Morgan fingerprint density at radius 1 is 1.50 bits per heavy atom. The lowest BCUT2D eigenvalue weighted by atomic mass is 9.97. The molecule has 0 spiro atoms. The maximum atomic E-state index is 10.5. The van der Waals surface area contributed by atoms with Crippen molar-refractivity contribution < 1.29 is 14.4 Å². The highest BCUT2D eigenvalue weighted by atomic mass is 16.5. The van der Waals surface area contributed by atoms with Crippen molar-refractivity contribution in [2.45, 2.75) is 44.4 Å². The first-order chi connectivity index (χ1) is 7.68. The maximum absolute atomic E-state index is 10.5. The van der Waals surface area contributed by atoms with Gasteiger partial charge in [-0.15, -0.1) is 0 Å². The van der Waals surface area contributed by atoms with Gasteiger partial charge in [0.2, 0.25) is 5.88 Å². The van der Waals surface area contributed by atoms with Crippen LogP contribution in [-0.2, 0) is 11.2 Å². The van der Waals surface area contributed by atoms with E-state index in [0.29, 0.717) is 12.3 Å². The second kappa shape index (κ2) is 4.55. The Balaban J connectivity index is 2.14. The fourth-order valence-corrected chi connectivity index (χ4v) is 2.34. The molecule has 1 aliphatic carbocycles. The zero-order valence-electron chi connectivity index (χ0n) is 9.11. The number of aliphatic carboxylic acids is 1. The van der Waals surface area contributed by atoms with E-state index in [9.17, 15) is 4.79 Å². The zero-order chi connectivity index (χ0) is 11.5. The molecule has 5 heteroatoms. The van der Waals surface area contributed by atoms with E-state index in [0.717, 1.165) is 24.1 Å². The summed E-state index contributed by atoms with van der Waals surface area (Å²) in [6.45, 7) is 0. The summed E-state index contributed by atoms with van der Waals surface area (Å²) in [7, 11) is 0. The molecule has 16 heavy (non-hydrogen) atoms. The average molecular weight is 224 g/mol. The minimum absolute atomic E-state index is 0.0745. The van der Waals surface area contributed by atoms with E-state index in [1.807, 2.05) is 0 Å². The van der Waals surface area contributed by atoms with Crippen LogP contribution in [0.15, 0.2) is 4.52 Å².